The van der Waals surface area contributed by atoms with Crippen LogP contribution in [0, 0.1) is 0 Å². The highest BCUT2D eigenvalue weighted by Gasteiger charge is 2.23. The first kappa shape index (κ1) is 80.9. The van der Waals surface area contributed by atoms with Crippen molar-refractivity contribution in [2.24, 2.45) is 0 Å². The molecule has 0 aliphatic rings. The highest BCUT2D eigenvalue weighted by atomic mass is 16.5. The lowest BCUT2D eigenvalue weighted by atomic mass is 10.0. The maximum Gasteiger partial charge on any atom is 0.102 e. The van der Waals surface area contributed by atoms with E-state index in [0.717, 1.165) is 13.2 Å². The summed E-state index contributed by atoms with van der Waals surface area (Å²) in [5.41, 5.74) is 0. The Bertz CT molecular complexity index is 951. The van der Waals surface area contributed by atoms with Crippen molar-refractivity contribution in [3.05, 3.63) is 0 Å². The van der Waals surface area contributed by atoms with E-state index < -0.39 is 0 Å². The van der Waals surface area contributed by atoms with Gasteiger partial charge in [-0.05, 0) is 51.4 Å². The van der Waals surface area contributed by atoms with Gasteiger partial charge in [-0.15, -0.1) is 0 Å². The van der Waals surface area contributed by atoms with Gasteiger partial charge in [0.2, 0.25) is 0 Å². The molecule has 0 aliphatic carbocycles. The fraction of sp³-hybridized carbons (Fsp3) is 1.00. The number of nitrogens with zero attached hydrogens (tertiary/aromatic N) is 2. The Labute approximate surface area is 516 Å². The Balaban J connectivity index is 4.92. The van der Waals surface area contributed by atoms with Gasteiger partial charge in [-0.3, -0.25) is 0 Å². The van der Waals surface area contributed by atoms with Crippen LogP contribution < -0.4 is 0 Å². The van der Waals surface area contributed by atoms with E-state index >= 15 is 0 Å². The number of unbranched alkanes of at least 4 members (excludes halogenated alkanes) is 60. The monoisotopic (exact) mass is 1140 g/mol. The largest absolute Gasteiger partial charge is 0.370 e. The molecule has 0 rings (SSSR count). The summed E-state index contributed by atoms with van der Waals surface area (Å²) >= 11 is 0. The molecule has 0 amide bonds. The van der Waals surface area contributed by atoms with Crippen molar-refractivity contribution >= 4 is 0 Å². The van der Waals surface area contributed by atoms with Gasteiger partial charge in [0.05, 0.1) is 53.5 Å². The molecule has 0 saturated heterocycles. The molecule has 0 fully saturated rings. The van der Waals surface area contributed by atoms with Crippen LogP contribution in [-0.4, -0.2) is 75.5 Å². The second-order valence-electron chi connectivity index (χ2n) is 28.4. The lowest BCUT2D eigenvalue weighted by Gasteiger charge is -2.36. The minimum atomic E-state index is 0.951. The van der Waals surface area contributed by atoms with E-state index in [1.807, 2.05) is 0 Å². The summed E-state index contributed by atoms with van der Waals surface area (Å²) in [5, 5.41) is 0. The average Bonchev–Trinajstić information content (AvgIpc) is 3.46. The van der Waals surface area contributed by atoms with E-state index in [-0.39, 0.29) is 0 Å². The quantitative estimate of drug-likeness (QED) is 0.0436. The van der Waals surface area contributed by atoms with Gasteiger partial charge in [0.15, 0.2) is 0 Å². The van der Waals surface area contributed by atoms with E-state index in [2.05, 4.69) is 41.8 Å². The Morgan fingerprint density at radius 3 is 0.383 bits per heavy atom. The average molecular weight is 1140 g/mol. The predicted molar refractivity (Wildman–Crippen MR) is 371 cm³/mol. The molecular weight excluding hydrogens is 981 g/mol. The summed E-state index contributed by atoms with van der Waals surface area (Å²) in [6.45, 7) is 19.0. The first-order valence-electron chi connectivity index (χ1n) is 39.2. The molecule has 0 atom stereocenters. The van der Waals surface area contributed by atoms with Crippen molar-refractivity contribution in [2.75, 3.05) is 66.6 Å². The summed E-state index contributed by atoms with van der Waals surface area (Å²) in [5.74, 6) is 0. The van der Waals surface area contributed by atoms with Crippen LogP contribution in [0.25, 0.3) is 0 Å². The molecule has 3 heteroatoms. The van der Waals surface area contributed by atoms with Gasteiger partial charge in [0, 0.05) is 0 Å². The van der Waals surface area contributed by atoms with Crippen molar-refractivity contribution < 1.29 is 13.7 Å². The van der Waals surface area contributed by atoms with Gasteiger partial charge < -0.3 is 13.7 Å². The van der Waals surface area contributed by atoms with Gasteiger partial charge in [-0.25, -0.2) is 0 Å². The summed E-state index contributed by atoms with van der Waals surface area (Å²) < 4.78 is 9.20. The van der Waals surface area contributed by atoms with Crippen LogP contribution in [0.1, 0.15) is 439 Å². The van der Waals surface area contributed by atoms with Crippen molar-refractivity contribution in [2.45, 2.75) is 439 Å². The Kier molecular flexibility index (Phi) is 68.9. The molecule has 0 N–H and O–H groups in total. The van der Waals surface area contributed by atoms with Gasteiger partial charge in [-0.1, -0.05) is 387 Å². The number of rotatable bonds is 74. The normalized spacial score (nSPS) is 12.2. The zero-order valence-electron chi connectivity index (χ0n) is 58.2. The zero-order chi connectivity index (χ0) is 58.6. The van der Waals surface area contributed by atoms with E-state index in [1.165, 1.54) is 459 Å². The highest BCUT2D eigenvalue weighted by Crippen LogP contribution is 2.21. The number of hydrogen-bond donors (Lipinski definition) is 0. The fourth-order valence-corrected chi connectivity index (χ4v) is 13.5. The van der Waals surface area contributed by atoms with E-state index in [9.17, 15) is 0 Å². The Hall–Kier alpha value is -0.120. The highest BCUT2D eigenvalue weighted by molar-refractivity contribution is 4.57. The molecule has 81 heavy (non-hydrogen) atoms. The molecule has 0 spiro atoms. The van der Waals surface area contributed by atoms with Gasteiger partial charge >= 0.3 is 0 Å². The lowest BCUT2D eigenvalue weighted by molar-refractivity contribution is -0.913. The molecule has 0 unspecified atom stereocenters. The van der Waals surface area contributed by atoms with Gasteiger partial charge in [0.1, 0.15) is 13.1 Å². The smallest absolute Gasteiger partial charge is 0.102 e. The molecule has 0 aromatic heterocycles. The van der Waals surface area contributed by atoms with Crippen molar-refractivity contribution in [3.63, 3.8) is 0 Å². The zero-order valence-corrected chi connectivity index (χ0v) is 58.2. The van der Waals surface area contributed by atoms with Crippen molar-refractivity contribution in [3.8, 4) is 0 Å². The van der Waals surface area contributed by atoms with Gasteiger partial charge in [-0.2, -0.15) is 0 Å². The number of quaternary nitrogens is 2. The van der Waals surface area contributed by atoms with Crippen LogP contribution in [0.15, 0.2) is 0 Å². The first-order chi connectivity index (χ1) is 39.9. The van der Waals surface area contributed by atoms with Crippen molar-refractivity contribution in [1.82, 2.24) is 0 Å². The molecule has 0 aromatic carbocycles. The molecule has 0 heterocycles. The third kappa shape index (κ3) is 65.7. The summed E-state index contributed by atoms with van der Waals surface area (Å²) in [7, 11) is 5.21. The predicted octanol–water partition coefficient (Wildman–Crippen LogP) is 26.9. The number of ether oxygens (including phenoxy) is 1. The summed E-state index contributed by atoms with van der Waals surface area (Å²) in [6, 6.07) is 0. The van der Waals surface area contributed by atoms with Crippen LogP contribution in [0.3, 0.4) is 0 Å². The number of hydrogen-bond acceptors (Lipinski definition) is 1. The molecule has 488 valence electrons. The maximum absolute atomic E-state index is 6.73. The Morgan fingerprint density at radius 2 is 0.259 bits per heavy atom. The maximum atomic E-state index is 6.73. The first-order valence-corrected chi connectivity index (χ1v) is 39.2. The SMILES string of the molecule is CCCCCCCCCCCCCCCCCC[N+](C)(CCCCCCCCCCCCCCCCCC)CCOCC[N+](C)(CCCCCCCCCCCCCCCCCC)CCCCCCCCCCCCCCCCCC. The van der Waals surface area contributed by atoms with E-state index in [0.29, 0.717) is 0 Å². The summed E-state index contributed by atoms with van der Waals surface area (Å²) in [4.78, 5) is 0. The van der Waals surface area contributed by atoms with E-state index in [4.69, 9.17) is 4.74 Å². The molecular formula is C78H162N2O+2. The summed E-state index contributed by atoms with van der Waals surface area (Å²) in [6.07, 6.45) is 93.0. The van der Waals surface area contributed by atoms with Crippen LogP contribution in [0.5, 0.6) is 0 Å². The Morgan fingerprint density at radius 1 is 0.148 bits per heavy atom. The molecule has 0 saturated carbocycles. The molecule has 0 aromatic rings. The van der Waals surface area contributed by atoms with Crippen LogP contribution in [0.4, 0.5) is 0 Å². The standard InChI is InChI=1S/C78H162N2O/c1-7-11-15-19-23-27-31-35-39-43-47-51-55-59-63-67-71-79(5,72-68-64-60-56-52-48-44-40-36-32-28-24-20-16-12-8-2)75-77-81-78-76-80(6,73-69-65-61-57-53-49-45-41-37-33-29-25-21-17-13-9-3)74-70-66-62-58-54-50-46-42-38-34-30-26-22-18-14-10-4/h7-78H2,1-6H3/q+2. The van der Waals surface area contributed by atoms with Crippen molar-refractivity contribution in [1.29, 1.82) is 0 Å². The molecule has 0 bridgehead atoms. The second kappa shape index (κ2) is 69.0. The lowest BCUT2D eigenvalue weighted by Crippen LogP contribution is -2.49. The third-order valence-corrected chi connectivity index (χ3v) is 19.8. The minimum absolute atomic E-state index is 0.951. The fourth-order valence-electron chi connectivity index (χ4n) is 13.5. The van der Waals surface area contributed by atoms with Gasteiger partial charge in [0.25, 0.3) is 0 Å². The van der Waals surface area contributed by atoms with Crippen LogP contribution >= 0.6 is 0 Å². The van der Waals surface area contributed by atoms with Crippen LogP contribution in [0.2, 0.25) is 0 Å². The minimum Gasteiger partial charge on any atom is -0.370 e. The number of likely N-dealkylation sites (N-methyl/N-ethyl adjacent to an activating group) is 2. The molecule has 3 nitrogen and oxygen atoms in total. The van der Waals surface area contributed by atoms with Crippen LogP contribution in [-0.2, 0) is 4.74 Å². The third-order valence-electron chi connectivity index (χ3n) is 19.8. The second-order valence-corrected chi connectivity index (χ2v) is 28.4. The topological polar surface area (TPSA) is 9.23 Å². The molecule has 0 aliphatic heterocycles. The van der Waals surface area contributed by atoms with E-state index in [1.54, 1.807) is 0 Å². The molecule has 0 radical (unpaired) electrons.